The van der Waals surface area contributed by atoms with Gasteiger partial charge in [-0.1, -0.05) is 0 Å². The Labute approximate surface area is 119 Å². The summed E-state index contributed by atoms with van der Waals surface area (Å²) in [4.78, 5) is 9.70. The molecule has 1 aliphatic carbocycles. The van der Waals surface area contributed by atoms with Gasteiger partial charge in [0.15, 0.2) is 17.5 Å². The van der Waals surface area contributed by atoms with E-state index in [9.17, 15) is 26.4 Å². The molecule has 0 radical (unpaired) electrons. The molecule has 2 rings (SSSR count). The molecule has 21 heavy (non-hydrogen) atoms. The van der Waals surface area contributed by atoms with E-state index in [1.165, 1.54) is 0 Å². The molecule has 0 saturated heterocycles. The van der Waals surface area contributed by atoms with Crippen LogP contribution < -0.4 is 0 Å². The molecule has 1 aromatic rings. The first-order valence-electron chi connectivity index (χ1n) is 6.09. The zero-order valence-corrected chi connectivity index (χ0v) is 11.5. The fourth-order valence-electron chi connectivity index (χ4n) is 1.83. The van der Waals surface area contributed by atoms with Gasteiger partial charge in [0.05, 0.1) is 0 Å². The van der Waals surface area contributed by atoms with Crippen LogP contribution in [0.4, 0.5) is 13.2 Å². The van der Waals surface area contributed by atoms with Crippen LogP contribution in [0.1, 0.15) is 12.8 Å². The SMILES string of the molecule is O=C(O)CN(CC1CC1)S(=O)(=O)c1ccc(F)c(F)c1F. The molecule has 1 fully saturated rings. The number of nitrogens with zero attached hydrogens (tertiary/aromatic N) is 1. The molecule has 0 aromatic heterocycles. The molecule has 0 heterocycles. The molecule has 0 bridgehead atoms. The molecular weight excluding hydrogens is 311 g/mol. The van der Waals surface area contributed by atoms with Crippen molar-refractivity contribution in [3.05, 3.63) is 29.6 Å². The molecular formula is C12H12F3NO4S. The maximum atomic E-state index is 13.6. The summed E-state index contributed by atoms with van der Waals surface area (Å²) in [6.07, 6.45) is 1.48. The number of benzene rings is 1. The Kier molecular flexibility index (Phi) is 4.24. The van der Waals surface area contributed by atoms with Crippen molar-refractivity contribution >= 4 is 16.0 Å². The Balaban J connectivity index is 2.41. The molecule has 5 nitrogen and oxygen atoms in total. The Morgan fingerprint density at radius 3 is 2.38 bits per heavy atom. The molecule has 1 aromatic carbocycles. The quantitative estimate of drug-likeness (QED) is 0.807. The standard InChI is InChI=1S/C12H12F3NO4S/c13-8-3-4-9(12(15)11(8)14)21(19,20)16(6-10(17)18)5-7-1-2-7/h3-4,7H,1-2,5-6H2,(H,17,18). The molecule has 116 valence electrons. The Morgan fingerprint density at radius 2 is 1.86 bits per heavy atom. The predicted molar refractivity (Wildman–Crippen MR) is 65.4 cm³/mol. The summed E-state index contributed by atoms with van der Waals surface area (Å²) in [6, 6.07) is 1.08. The van der Waals surface area contributed by atoms with Crippen molar-refractivity contribution in [3.8, 4) is 0 Å². The maximum absolute atomic E-state index is 13.6. The highest BCUT2D eigenvalue weighted by Crippen LogP contribution is 2.32. The fraction of sp³-hybridized carbons (Fsp3) is 0.417. The lowest BCUT2D eigenvalue weighted by atomic mass is 10.3. The first kappa shape index (κ1) is 15.8. The lowest BCUT2D eigenvalue weighted by Gasteiger charge is -2.20. The summed E-state index contributed by atoms with van der Waals surface area (Å²) in [7, 11) is -4.55. The van der Waals surface area contributed by atoms with E-state index in [0.717, 1.165) is 12.8 Å². The normalized spacial score (nSPS) is 15.4. The van der Waals surface area contributed by atoms with Crippen molar-refractivity contribution in [2.45, 2.75) is 17.7 Å². The van der Waals surface area contributed by atoms with Gasteiger partial charge >= 0.3 is 5.97 Å². The highest BCUT2D eigenvalue weighted by Gasteiger charge is 2.35. The van der Waals surface area contributed by atoms with Crippen LogP contribution in [0.3, 0.4) is 0 Å². The molecule has 0 unspecified atom stereocenters. The van der Waals surface area contributed by atoms with Crippen LogP contribution in [0.15, 0.2) is 17.0 Å². The maximum Gasteiger partial charge on any atom is 0.318 e. The number of halogens is 3. The summed E-state index contributed by atoms with van der Waals surface area (Å²) in [5.41, 5.74) is 0. The van der Waals surface area contributed by atoms with Crippen LogP contribution in [-0.2, 0) is 14.8 Å². The van der Waals surface area contributed by atoms with Crippen molar-refractivity contribution in [2.75, 3.05) is 13.1 Å². The van der Waals surface area contributed by atoms with Crippen LogP contribution in [0.5, 0.6) is 0 Å². The van der Waals surface area contributed by atoms with Crippen LogP contribution >= 0.6 is 0 Å². The number of aliphatic carboxylic acids is 1. The summed E-state index contributed by atoms with van der Waals surface area (Å²) < 4.78 is 64.7. The lowest BCUT2D eigenvalue weighted by molar-refractivity contribution is -0.137. The van der Waals surface area contributed by atoms with Crippen molar-refractivity contribution in [2.24, 2.45) is 5.92 Å². The molecule has 1 N–H and O–H groups in total. The molecule has 0 atom stereocenters. The van der Waals surface area contributed by atoms with E-state index in [2.05, 4.69) is 0 Å². The Bertz CT molecular complexity index is 673. The van der Waals surface area contributed by atoms with E-state index >= 15 is 0 Å². The van der Waals surface area contributed by atoms with Crippen molar-refractivity contribution in [1.29, 1.82) is 0 Å². The number of rotatable bonds is 6. The second-order valence-corrected chi connectivity index (χ2v) is 6.71. The largest absolute Gasteiger partial charge is 0.480 e. The zero-order chi connectivity index (χ0) is 15.8. The van der Waals surface area contributed by atoms with Crippen LogP contribution in [0, 0.1) is 23.4 Å². The van der Waals surface area contributed by atoms with Crippen molar-refractivity contribution in [3.63, 3.8) is 0 Å². The van der Waals surface area contributed by atoms with Gasteiger partial charge in [-0.3, -0.25) is 4.79 Å². The average Bonchev–Trinajstić information content (AvgIpc) is 3.18. The van der Waals surface area contributed by atoms with E-state index in [1.54, 1.807) is 0 Å². The summed E-state index contributed by atoms with van der Waals surface area (Å²) in [6.45, 7) is -0.954. The summed E-state index contributed by atoms with van der Waals surface area (Å²) in [5, 5.41) is 8.76. The van der Waals surface area contributed by atoms with E-state index in [4.69, 9.17) is 5.11 Å². The van der Waals surface area contributed by atoms with Crippen molar-refractivity contribution in [1.82, 2.24) is 4.31 Å². The Hall–Kier alpha value is -1.61. The van der Waals surface area contributed by atoms with Crippen LogP contribution in [0.2, 0.25) is 0 Å². The van der Waals surface area contributed by atoms with Gasteiger partial charge < -0.3 is 5.11 Å². The van der Waals surface area contributed by atoms with Gasteiger partial charge in [0.1, 0.15) is 11.4 Å². The first-order valence-corrected chi connectivity index (χ1v) is 7.53. The van der Waals surface area contributed by atoms with Gasteiger partial charge in [-0.2, -0.15) is 4.31 Å². The van der Waals surface area contributed by atoms with E-state index in [1.807, 2.05) is 0 Å². The minimum atomic E-state index is -4.55. The predicted octanol–water partition coefficient (Wildman–Crippen LogP) is 1.59. The third kappa shape index (κ3) is 3.35. The molecule has 0 spiro atoms. The van der Waals surface area contributed by atoms with E-state index in [0.29, 0.717) is 16.4 Å². The topological polar surface area (TPSA) is 74.7 Å². The van der Waals surface area contributed by atoms with Crippen LogP contribution in [0.25, 0.3) is 0 Å². The number of hydrogen-bond donors (Lipinski definition) is 1. The second-order valence-electron chi connectivity index (χ2n) is 4.81. The third-order valence-corrected chi connectivity index (χ3v) is 4.92. The molecule has 9 heteroatoms. The highest BCUT2D eigenvalue weighted by atomic mass is 32.2. The summed E-state index contributed by atoms with van der Waals surface area (Å²) in [5.74, 6) is -6.67. The second kappa shape index (κ2) is 5.64. The fourth-order valence-corrected chi connectivity index (χ4v) is 3.36. The lowest BCUT2D eigenvalue weighted by Crippen LogP contribution is -2.37. The highest BCUT2D eigenvalue weighted by molar-refractivity contribution is 7.89. The molecule has 0 amide bonds. The minimum absolute atomic E-state index is 0.00693. The Morgan fingerprint density at radius 1 is 1.24 bits per heavy atom. The molecule has 1 aliphatic rings. The van der Waals surface area contributed by atoms with E-state index < -0.39 is 44.9 Å². The zero-order valence-electron chi connectivity index (χ0n) is 10.7. The number of carbonyl (C=O) groups is 1. The van der Waals surface area contributed by atoms with Crippen LogP contribution in [-0.4, -0.2) is 36.9 Å². The molecule has 1 saturated carbocycles. The van der Waals surface area contributed by atoms with Gasteiger partial charge in [0.25, 0.3) is 0 Å². The average molecular weight is 323 g/mol. The van der Waals surface area contributed by atoms with Gasteiger partial charge in [-0.25, -0.2) is 21.6 Å². The number of carboxylic acid groups (broad SMARTS) is 1. The van der Waals surface area contributed by atoms with E-state index in [-0.39, 0.29) is 12.5 Å². The van der Waals surface area contributed by atoms with Crippen molar-refractivity contribution < 1.29 is 31.5 Å². The van der Waals surface area contributed by atoms with Gasteiger partial charge in [0.2, 0.25) is 10.0 Å². The van der Waals surface area contributed by atoms with Gasteiger partial charge in [-0.05, 0) is 30.9 Å². The van der Waals surface area contributed by atoms with Gasteiger partial charge in [0, 0.05) is 6.54 Å². The third-order valence-electron chi connectivity index (χ3n) is 3.09. The first-order chi connectivity index (χ1) is 9.73. The van der Waals surface area contributed by atoms with Gasteiger partial charge in [-0.15, -0.1) is 0 Å². The number of carboxylic acids is 1. The monoisotopic (exact) mass is 323 g/mol. The smallest absolute Gasteiger partial charge is 0.318 e. The number of sulfonamides is 1. The summed E-state index contributed by atoms with van der Waals surface area (Å²) >= 11 is 0. The number of hydrogen-bond acceptors (Lipinski definition) is 3. The molecule has 0 aliphatic heterocycles. The minimum Gasteiger partial charge on any atom is -0.480 e.